The number of nitrogens with zero attached hydrogens (tertiary/aromatic N) is 2. The highest BCUT2D eigenvalue weighted by Crippen LogP contribution is 2.39. The fourth-order valence-corrected chi connectivity index (χ4v) is 3.79. The minimum atomic E-state index is -0.843. The van der Waals surface area contributed by atoms with Gasteiger partial charge in [-0.05, 0) is 50.2 Å². The molecule has 0 amide bonds. The number of benzene rings is 1. The highest BCUT2D eigenvalue weighted by atomic mass is 19.1. The Morgan fingerprint density at radius 3 is 2.24 bits per heavy atom. The third-order valence-corrected chi connectivity index (χ3v) is 5.90. The van der Waals surface area contributed by atoms with E-state index in [1.165, 1.54) is 39.5 Å². The quantitative estimate of drug-likeness (QED) is 0.511. The number of ether oxygens (including phenoxy) is 3. The Bertz CT molecular complexity index is 1110. The van der Waals surface area contributed by atoms with Gasteiger partial charge < -0.3 is 25.3 Å². The summed E-state index contributed by atoms with van der Waals surface area (Å²) in [6, 6.07) is 4.44. The first-order valence-electron chi connectivity index (χ1n) is 11.5. The minimum Gasteiger partial charge on any atom is -0.494 e. The van der Waals surface area contributed by atoms with Gasteiger partial charge in [0.1, 0.15) is 11.6 Å². The summed E-state index contributed by atoms with van der Waals surface area (Å²) in [5.41, 5.74) is 5.61. The van der Waals surface area contributed by atoms with Crippen LogP contribution in [-0.2, 0) is 4.74 Å². The SMILES string of the molecule is C1CCOCC1.COc1cc(OC)c(F)c(-c2cc3cnc(N)cc3c(NCC3CC3)n2)c1F. The number of aromatic nitrogens is 2. The monoisotopic (exact) mass is 472 g/mol. The lowest BCUT2D eigenvalue weighted by atomic mass is 10.1. The number of nitrogens with two attached hydrogens (primary N) is 1. The molecule has 2 aromatic heterocycles. The first-order valence-corrected chi connectivity index (χ1v) is 11.5. The Balaban J connectivity index is 0.000000398. The van der Waals surface area contributed by atoms with Gasteiger partial charge >= 0.3 is 0 Å². The average molecular weight is 473 g/mol. The number of nitrogens with one attached hydrogen (secondary N) is 1. The molecule has 2 aliphatic rings. The number of hydrogen-bond donors (Lipinski definition) is 2. The molecule has 5 rings (SSSR count). The van der Waals surface area contributed by atoms with Gasteiger partial charge in [-0.1, -0.05) is 0 Å². The molecule has 0 spiro atoms. The van der Waals surface area contributed by atoms with Crippen molar-refractivity contribution >= 4 is 22.4 Å². The molecule has 2 fully saturated rings. The molecule has 3 N–H and O–H groups in total. The molecule has 34 heavy (non-hydrogen) atoms. The van der Waals surface area contributed by atoms with Crippen molar-refractivity contribution in [3.05, 3.63) is 36.0 Å². The lowest BCUT2D eigenvalue weighted by Gasteiger charge is -2.15. The van der Waals surface area contributed by atoms with Gasteiger partial charge in [-0.15, -0.1) is 0 Å². The second kappa shape index (κ2) is 10.8. The Kier molecular flexibility index (Phi) is 7.62. The summed E-state index contributed by atoms with van der Waals surface area (Å²) in [5.74, 6) is -0.499. The Hall–Kier alpha value is -3.20. The van der Waals surface area contributed by atoms with Crippen molar-refractivity contribution in [1.29, 1.82) is 0 Å². The van der Waals surface area contributed by atoms with Crippen LogP contribution in [0.15, 0.2) is 24.4 Å². The third kappa shape index (κ3) is 5.47. The standard InChI is InChI=1S/C20H20F2N4O2.C5H10O/c1-27-14-7-15(28-2)19(22)17(18(14)21)13-5-11-9-24-16(23)6-12(11)20(26-13)25-8-10-3-4-10;1-2-4-6-5-3-1/h5-7,9-10H,3-4,8H2,1-2H3,(H2,23,24)(H,25,26);1-5H2. The van der Waals surface area contributed by atoms with Crippen LogP contribution in [0.5, 0.6) is 11.5 Å². The number of halogens is 2. The third-order valence-electron chi connectivity index (χ3n) is 5.90. The first-order chi connectivity index (χ1) is 16.5. The normalized spacial score (nSPS) is 15.4. The average Bonchev–Trinajstić information content (AvgIpc) is 3.69. The van der Waals surface area contributed by atoms with Crippen LogP contribution in [-0.4, -0.2) is 43.9 Å². The van der Waals surface area contributed by atoms with Crippen molar-refractivity contribution in [2.75, 3.05) is 45.0 Å². The van der Waals surface area contributed by atoms with Crippen LogP contribution in [0.1, 0.15) is 32.1 Å². The molecule has 1 aliphatic carbocycles. The maximum Gasteiger partial charge on any atom is 0.177 e. The van der Waals surface area contributed by atoms with Gasteiger partial charge in [-0.2, -0.15) is 0 Å². The molecule has 9 heteroatoms. The van der Waals surface area contributed by atoms with Gasteiger partial charge in [-0.3, -0.25) is 0 Å². The van der Waals surface area contributed by atoms with Crippen molar-refractivity contribution < 1.29 is 23.0 Å². The van der Waals surface area contributed by atoms with E-state index in [0.717, 1.165) is 38.0 Å². The zero-order chi connectivity index (χ0) is 24.1. The van der Waals surface area contributed by atoms with E-state index in [1.54, 1.807) is 18.3 Å². The van der Waals surface area contributed by atoms with Gasteiger partial charge in [0.15, 0.2) is 23.1 Å². The second-order valence-corrected chi connectivity index (χ2v) is 8.47. The zero-order valence-corrected chi connectivity index (χ0v) is 19.5. The molecule has 0 radical (unpaired) electrons. The summed E-state index contributed by atoms with van der Waals surface area (Å²) >= 11 is 0. The van der Waals surface area contributed by atoms with Gasteiger partial charge in [0.2, 0.25) is 0 Å². The molecule has 1 saturated heterocycles. The summed E-state index contributed by atoms with van der Waals surface area (Å²) < 4.78 is 45.0. The van der Waals surface area contributed by atoms with Crippen LogP contribution in [0.3, 0.4) is 0 Å². The maximum atomic E-state index is 14.9. The van der Waals surface area contributed by atoms with E-state index in [4.69, 9.17) is 19.9 Å². The molecular formula is C25H30F2N4O3. The lowest BCUT2D eigenvalue weighted by Crippen LogP contribution is -2.07. The summed E-state index contributed by atoms with van der Waals surface area (Å²) in [5, 5.41) is 4.69. The van der Waals surface area contributed by atoms with E-state index in [-0.39, 0.29) is 22.8 Å². The molecule has 7 nitrogen and oxygen atoms in total. The molecule has 0 bridgehead atoms. The second-order valence-electron chi connectivity index (χ2n) is 8.47. The zero-order valence-electron chi connectivity index (χ0n) is 19.5. The van der Waals surface area contributed by atoms with Crippen LogP contribution in [0, 0.1) is 17.6 Å². The van der Waals surface area contributed by atoms with Crippen molar-refractivity contribution in [3.8, 4) is 22.8 Å². The van der Waals surface area contributed by atoms with Gasteiger partial charge in [0, 0.05) is 42.8 Å². The summed E-state index contributed by atoms with van der Waals surface area (Å²) in [4.78, 5) is 8.59. The Morgan fingerprint density at radius 2 is 1.71 bits per heavy atom. The van der Waals surface area contributed by atoms with E-state index < -0.39 is 11.6 Å². The molecule has 1 aromatic carbocycles. The minimum absolute atomic E-state index is 0.115. The van der Waals surface area contributed by atoms with E-state index >= 15 is 0 Å². The molecule has 1 aliphatic heterocycles. The Labute approximate surface area is 197 Å². The van der Waals surface area contributed by atoms with E-state index in [1.807, 2.05) is 0 Å². The highest BCUT2D eigenvalue weighted by Gasteiger charge is 2.25. The van der Waals surface area contributed by atoms with Gasteiger partial charge in [-0.25, -0.2) is 18.7 Å². The van der Waals surface area contributed by atoms with E-state index in [0.29, 0.717) is 22.9 Å². The topological polar surface area (TPSA) is 91.5 Å². The largest absolute Gasteiger partial charge is 0.494 e. The van der Waals surface area contributed by atoms with Crippen LogP contribution in [0.4, 0.5) is 20.4 Å². The summed E-state index contributed by atoms with van der Waals surface area (Å²) in [6.07, 6.45) is 7.81. The van der Waals surface area contributed by atoms with Crippen molar-refractivity contribution in [1.82, 2.24) is 9.97 Å². The molecule has 0 atom stereocenters. The summed E-state index contributed by atoms with van der Waals surface area (Å²) in [6.45, 7) is 2.74. The molecular weight excluding hydrogens is 442 g/mol. The number of anilines is 2. The molecule has 0 unspecified atom stereocenters. The smallest absolute Gasteiger partial charge is 0.177 e. The number of methoxy groups -OCH3 is 2. The summed E-state index contributed by atoms with van der Waals surface area (Å²) in [7, 11) is 2.62. The van der Waals surface area contributed by atoms with Crippen LogP contribution < -0.4 is 20.5 Å². The molecule has 3 heterocycles. The van der Waals surface area contributed by atoms with Crippen LogP contribution in [0.2, 0.25) is 0 Å². The van der Waals surface area contributed by atoms with Gasteiger partial charge in [0.25, 0.3) is 0 Å². The van der Waals surface area contributed by atoms with Gasteiger partial charge in [0.05, 0.1) is 25.5 Å². The van der Waals surface area contributed by atoms with Crippen molar-refractivity contribution in [3.63, 3.8) is 0 Å². The maximum absolute atomic E-state index is 14.9. The molecule has 3 aromatic rings. The van der Waals surface area contributed by atoms with Crippen LogP contribution in [0.25, 0.3) is 22.0 Å². The number of fused-ring (bicyclic) bond motifs is 1. The van der Waals surface area contributed by atoms with Crippen molar-refractivity contribution in [2.45, 2.75) is 32.1 Å². The highest BCUT2D eigenvalue weighted by molar-refractivity contribution is 5.95. The first kappa shape index (κ1) is 23.9. The predicted octanol–water partition coefficient (Wildman–Crippen LogP) is 5.18. The Morgan fingerprint density at radius 1 is 1.03 bits per heavy atom. The van der Waals surface area contributed by atoms with E-state index in [2.05, 4.69) is 15.3 Å². The number of rotatable bonds is 6. The number of pyridine rings is 2. The van der Waals surface area contributed by atoms with Crippen LogP contribution >= 0.6 is 0 Å². The van der Waals surface area contributed by atoms with E-state index in [9.17, 15) is 8.78 Å². The number of hydrogen-bond acceptors (Lipinski definition) is 7. The fraction of sp³-hybridized carbons (Fsp3) is 0.440. The number of nitrogen functional groups attached to an aromatic ring is 1. The predicted molar refractivity (Wildman–Crippen MR) is 128 cm³/mol. The fourth-order valence-electron chi connectivity index (χ4n) is 3.79. The van der Waals surface area contributed by atoms with Crippen molar-refractivity contribution in [2.24, 2.45) is 5.92 Å². The lowest BCUT2D eigenvalue weighted by molar-refractivity contribution is 0.0968. The molecule has 1 saturated carbocycles. The molecule has 182 valence electrons.